The van der Waals surface area contributed by atoms with Gasteiger partial charge in [-0.1, -0.05) is 31.4 Å². The molecule has 29 heavy (non-hydrogen) atoms. The number of rotatable bonds is 8. The first-order chi connectivity index (χ1) is 14.0. The van der Waals surface area contributed by atoms with Crippen molar-refractivity contribution in [3.05, 3.63) is 47.6 Å². The third kappa shape index (κ3) is 5.35. The van der Waals surface area contributed by atoms with Gasteiger partial charge in [-0.15, -0.1) is 0 Å². The van der Waals surface area contributed by atoms with Crippen molar-refractivity contribution >= 4 is 28.6 Å². The first kappa shape index (κ1) is 20.9. The number of phenols is 1. The Morgan fingerprint density at radius 1 is 1.17 bits per heavy atom. The highest BCUT2D eigenvalue weighted by molar-refractivity contribution is 6.31. The van der Waals surface area contributed by atoms with Gasteiger partial charge in [0.1, 0.15) is 0 Å². The minimum absolute atomic E-state index is 0.0915. The van der Waals surface area contributed by atoms with Crippen LogP contribution in [0.2, 0.25) is 5.02 Å². The number of carbonyl (C=O) groups is 1. The number of fused-ring (bicyclic) bond motifs is 1. The zero-order valence-corrected chi connectivity index (χ0v) is 17.1. The van der Waals surface area contributed by atoms with Crippen molar-refractivity contribution in [2.45, 2.75) is 39.2 Å². The van der Waals surface area contributed by atoms with Gasteiger partial charge in [-0.25, -0.2) is 9.78 Å². The Labute approximate surface area is 174 Å². The average Bonchev–Trinajstić information content (AvgIpc) is 2.72. The third-order valence-electron chi connectivity index (χ3n) is 4.39. The second kappa shape index (κ2) is 9.56. The van der Waals surface area contributed by atoms with E-state index in [4.69, 9.17) is 21.1 Å². The number of hydrogen-bond donors (Lipinski definition) is 1. The summed E-state index contributed by atoms with van der Waals surface area (Å²) in [6.07, 6.45) is 3.69. The van der Waals surface area contributed by atoms with Gasteiger partial charge >= 0.3 is 5.97 Å². The zero-order valence-electron chi connectivity index (χ0n) is 16.4. The molecule has 0 saturated carbocycles. The average molecular weight is 415 g/mol. The monoisotopic (exact) mass is 414 g/mol. The van der Waals surface area contributed by atoms with E-state index >= 15 is 0 Å². The van der Waals surface area contributed by atoms with Crippen LogP contribution in [-0.2, 0) is 9.53 Å². The molecule has 1 atom stereocenters. The lowest BCUT2D eigenvalue weighted by Gasteiger charge is -2.15. The molecule has 2 aromatic carbocycles. The number of phenolic OH excluding ortho intramolecular Hbond substituents is 1. The van der Waals surface area contributed by atoms with Crippen LogP contribution >= 0.6 is 11.6 Å². The summed E-state index contributed by atoms with van der Waals surface area (Å²) in [4.78, 5) is 20.9. The van der Waals surface area contributed by atoms with E-state index in [1.54, 1.807) is 43.5 Å². The molecule has 0 fully saturated rings. The van der Waals surface area contributed by atoms with E-state index in [-0.39, 0.29) is 11.5 Å². The minimum atomic E-state index is -0.821. The van der Waals surface area contributed by atoms with Crippen molar-refractivity contribution in [3.8, 4) is 22.8 Å². The van der Waals surface area contributed by atoms with Gasteiger partial charge in [0.25, 0.3) is 0 Å². The van der Waals surface area contributed by atoms with Gasteiger partial charge in [-0.2, -0.15) is 0 Å². The van der Waals surface area contributed by atoms with Crippen LogP contribution in [-0.4, -0.2) is 33.8 Å². The van der Waals surface area contributed by atoms with Crippen LogP contribution in [0.5, 0.6) is 11.5 Å². The molecule has 1 heterocycles. The second-order valence-corrected chi connectivity index (χ2v) is 7.14. The fourth-order valence-electron chi connectivity index (χ4n) is 2.78. The highest BCUT2D eigenvalue weighted by atomic mass is 35.5. The number of benzene rings is 2. The Morgan fingerprint density at radius 2 is 2.00 bits per heavy atom. The summed E-state index contributed by atoms with van der Waals surface area (Å²) in [5.74, 6) is -0.345. The molecule has 1 unspecified atom stereocenters. The summed E-state index contributed by atoms with van der Waals surface area (Å²) in [6, 6.07) is 10.2. The lowest BCUT2D eigenvalue weighted by molar-refractivity contribution is -0.151. The van der Waals surface area contributed by atoms with Crippen molar-refractivity contribution in [3.63, 3.8) is 0 Å². The number of unbranched alkanes of at least 4 members (excludes halogenated alkanes) is 2. The SMILES string of the molecule is CCCCCOC(=O)C(C)Oc1ccc(-c2cnc3cc(Cl)ccc3n2)cc1O. The number of esters is 1. The maximum Gasteiger partial charge on any atom is 0.347 e. The summed E-state index contributed by atoms with van der Waals surface area (Å²) in [6.45, 7) is 4.05. The van der Waals surface area contributed by atoms with E-state index in [0.29, 0.717) is 33.9 Å². The van der Waals surface area contributed by atoms with Crippen LogP contribution in [0.25, 0.3) is 22.3 Å². The molecular formula is C22H23ClN2O4. The van der Waals surface area contributed by atoms with Crippen molar-refractivity contribution in [2.75, 3.05) is 6.61 Å². The lowest BCUT2D eigenvalue weighted by Crippen LogP contribution is -2.26. The van der Waals surface area contributed by atoms with Crippen LogP contribution in [0.1, 0.15) is 33.1 Å². The number of aromatic hydroxyl groups is 1. The van der Waals surface area contributed by atoms with Crippen molar-refractivity contribution in [1.29, 1.82) is 0 Å². The number of hydrogen-bond acceptors (Lipinski definition) is 6. The van der Waals surface area contributed by atoms with Crippen molar-refractivity contribution < 1.29 is 19.4 Å². The Hall–Kier alpha value is -2.86. The molecule has 0 bridgehead atoms. The van der Waals surface area contributed by atoms with E-state index in [2.05, 4.69) is 16.9 Å². The minimum Gasteiger partial charge on any atom is -0.504 e. The van der Waals surface area contributed by atoms with E-state index < -0.39 is 12.1 Å². The Kier molecular flexibility index (Phi) is 6.88. The molecular weight excluding hydrogens is 392 g/mol. The fraction of sp³-hybridized carbons (Fsp3) is 0.318. The number of aromatic nitrogens is 2. The molecule has 1 N–H and O–H groups in total. The highest BCUT2D eigenvalue weighted by Crippen LogP contribution is 2.32. The standard InChI is InChI=1S/C22H23ClN2O4/c1-3-4-5-10-28-22(27)14(2)29-21-9-6-15(11-20(21)26)19-13-24-18-12-16(23)7-8-17(18)25-19/h6-9,11-14,26H,3-5,10H2,1-2H3. The van der Waals surface area contributed by atoms with Gasteiger partial charge in [-0.05, 0) is 49.7 Å². The predicted molar refractivity (Wildman–Crippen MR) is 112 cm³/mol. The van der Waals surface area contributed by atoms with Crippen molar-refractivity contribution in [2.24, 2.45) is 0 Å². The quantitative estimate of drug-likeness (QED) is 0.405. The molecule has 152 valence electrons. The summed E-state index contributed by atoms with van der Waals surface area (Å²) in [7, 11) is 0. The molecule has 6 nitrogen and oxygen atoms in total. The van der Waals surface area contributed by atoms with E-state index in [1.807, 2.05) is 0 Å². The predicted octanol–water partition coefficient (Wildman–Crippen LogP) is 5.16. The number of ether oxygens (including phenoxy) is 2. The smallest absolute Gasteiger partial charge is 0.347 e. The van der Waals surface area contributed by atoms with Gasteiger partial charge < -0.3 is 14.6 Å². The van der Waals surface area contributed by atoms with Crippen LogP contribution < -0.4 is 4.74 Å². The molecule has 0 spiro atoms. The van der Waals surface area contributed by atoms with Gasteiger partial charge in [0.2, 0.25) is 0 Å². The molecule has 7 heteroatoms. The lowest BCUT2D eigenvalue weighted by atomic mass is 10.1. The van der Waals surface area contributed by atoms with Gasteiger partial charge in [-0.3, -0.25) is 4.98 Å². The maximum atomic E-state index is 12.0. The molecule has 0 aliphatic carbocycles. The van der Waals surface area contributed by atoms with Gasteiger partial charge in [0, 0.05) is 10.6 Å². The van der Waals surface area contributed by atoms with Crippen molar-refractivity contribution in [1.82, 2.24) is 9.97 Å². The summed E-state index contributed by atoms with van der Waals surface area (Å²) < 4.78 is 10.8. The number of nitrogens with zero attached hydrogens (tertiary/aromatic N) is 2. The molecule has 0 radical (unpaired) electrons. The van der Waals surface area contributed by atoms with Crippen LogP contribution in [0.3, 0.4) is 0 Å². The first-order valence-electron chi connectivity index (χ1n) is 9.57. The molecule has 3 aromatic rings. The summed E-state index contributed by atoms with van der Waals surface area (Å²) >= 11 is 5.97. The molecule has 0 saturated heterocycles. The molecule has 0 aliphatic heterocycles. The van der Waals surface area contributed by atoms with E-state index in [9.17, 15) is 9.90 Å². The highest BCUT2D eigenvalue weighted by Gasteiger charge is 2.18. The van der Waals surface area contributed by atoms with Gasteiger partial charge in [0.15, 0.2) is 17.6 Å². The van der Waals surface area contributed by atoms with Crippen LogP contribution in [0.4, 0.5) is 0 Å². The number of halogens is 1. The molecule has 0 aliphatic rings. The molecule has 0 amide bonds. The Balaban J connectivity index is 1.70. The maximum absolute atomic E-state index is 12.0. The fourth-order valence-corrected chi connectivity index (χ4v) is 2.95. The second-order valence-electron chi connectivity index (χ2n) is 6.71. The summed E-state index contributed by atoms with van der Waals surface area (Å²) in [5, 5.41) is 10.9. The Bertz CT molecular complexity index is 1010. The van der Waals surface area contributed by atoms with E-state index in [0.717, 1.165) is 19.3 Å². The van der Waals surface area contributed by atoms with Crippen LogP contribution in [0.15, 0.2) is 42.6 Å². The topological polar surface area (TPSA) is 81.5 Å². The number of carbonyl (C=O) groups excluding carboxylic acids is 1. The third-order valence-corrected chi connectivity index (χ3v) is 4.62. The normalized spacial score (nSPS) is 12.0. The van der Waals surface area contributed by atoms with E-state index in [1.165, 1.54) is 6.07 Å². The van der Waals surface area contributed by atoms with Crippen LogP contribution in [0, 0.1) is 0 Å². The Morgan fingerprint density at radius 3 is 2.76 bits per heavy atom. The molecule has 3 rings (SSSR count). The molecule has 1 aromatic heterocycles. The first-order valence-corrected chi connectivity index (χ1v) is 9.94. The zero-order chi connectivity index (χ0) is 20.8. The van der Waals surface area contributed by atoms with Gasteiger partial charge in [0.05, 0.1) is 29.5 Å². The largest absolute Gasteiger partial charge is 0.504 e. The summed E-state index contributed by atoms with van der Waals surface area (Å²) in [5.41, 5.74) is 2.67.